The van der Waals surface area contributed by atoms with Gasteiger partial charge in [0, 0.05) is 6.61 Å². The SMILES string of the molecule is CCO[C@@H]1OC(=O)[C@@]2(S(=O)(=O)c3ccc(C)cc3)O[C@@]12CC. The first kappa shape index (κ1) is 15.5. The van der Waals surface area contributed by atoms with Crippen LogP contribution >= 0.6 is 0 Å². The number of hydrogen-bond acceptors (Lipinski definition) is 6. The number of esters is 1. The van der Waals surface area contributed by atoms with Gasteiger partial charge in [-0.1, -0.05) is 24.6 Å². The Labute approximate surface area is 129 Å². The number of rotatable bonds is 5. The van der Waals surface area contributed by atoms with E-state index in [2.05, 4.69) is 0 Å². The molecule has 0 radical (unpaired) electrons. The minimum atomic E-state index is -4.03. The van der Waals surface area contributed by atoms with Crippen LogP contribution in [0.3, 0.4) is 0 Å². The number of epoxide rings is 1. The van der Waals surface area contributed by atoms with E-state index in [1.807, 2.05) is 6.92 Å². The summed E-state index contributed by atoms with van der Waals surface area (Å²) in [7, 11) is -4.03. The van der Waals surface area contributed by atoms with Crippen molar-refractivity contribution in [3.63, 3.8) is 0 Å². The van der Waals surface area contributed by atoms with E-state index >= 15 is 0 Å². The van der Waals surface area contributed by atoms with Crippen LogP contribution in [-0.2, 0) is 28.8 Å². The van der Waals surface area contributed by atoms with E-state index in [4.69, 9.17) is 14.2 Å². The van der Waals surface area contributed by atoms with Crippen LogP contribution in [0.2, 0.25) is 0 Å². The monoisotopic (exact) mass is 326 g/mol. The molecule has 6 nitrogen and oxygen atoms in total. The highest BCUT2D eigenvalue weighted by molar-refractivity contribution is 7.93. The fraction of sp³-hybridized carbons (Fsp3) is 0.533. The lowest BCUT2D eigenvalue weighted by Crippen LogP contribution is -2.38. The molecule has 0 aliphatic carbocycles. The molecule has 120 valence electrons. The van der Waals surface area contributed by atoms with E-state index in [9.17, 15) is 13.2 Å². The Morgan fingerprint density at radius 3 is 2.41 bits per heavy atom. The van der Waals surface area contributed by atoms with Gasteiger partial charge in [0.25, 0.3) is 0 Å². The molecule has 3 rings (SSSR count). The topological polar surface area (TPSA) is 82.2 Å². The number of carbonyl (C=O) groups excluding carboxylic acids is 1. The molecule has 0 saturated carbocycles. The molecule has 7 heteroatoms. The Kier molecular flexibility index (Phi) is 3.36. The number of sulfone groups is 1. The number of cyclic esters (lactones) is 1. The van der Waals surface area contributed by atoms with E-state index in [1.165, 1.54) is 12.1 Å². The fourth-order valence-electron chi connectivity index (χ4n) is 2.99. The molecule has 22 heavy (non-hydrogen) atoms. The van der Waals surface area contributed by atoms with E-state index in [1.54, 1.807) is 26.0 Å². The van der Waals surface area contributed by atoms with Gasteiger partial charge >= 0.3 is 10.9 Å². The van der Waals surface area contributed by atoms with Crippen LogP contribution in [0.1, 0.15) is 25.8 Å². The van der Waals surface area contributed by atoms with Crippen LogP contribution in [0.4, 0.5) is 0 Å². The largest absolute Gasteiger partial charge is 0.429 e. The highest BCUT2D eigenvalue weighted by Gasteiger charge is 2.91. The zero-order valence-corrected chi connectivity index (χ0v) is 13.5. The molecule has 2 aliphatic heterocycles. The summed E-state index contributed by atoms with van der Waals surface area (Å²) in [6.45, 7) is 5.64. The number of hydrogen-bond donors (Lipinski definition) is 0. The Hall–Kier alpha value is -1.44. The number of fused-ring (bicyclic) bond motifs is 1. The summed E-state index contributed by atoms with van der Waals surface area (Å²) in [5, 5.41) is 0. The molecule has 2 aliphatic rings. The molecule has 2 heterocycles. The predicted molar refractivity (Wildman–Crippen MR) is 76.7 cm³/mol. The Morgan fingerprint density at radius 2 is 1.86 bits per heavy atom. The fourth-order valence-corrected chi connectivity index (χ4v) is 5.03. The Balaban J connectivity index is 2.07. The van der Waals surface area contributed by atoms with E-state index < -0.39 is 32.6 Å². The van der Waals surface area contributed by atoms with Gasteiger partial charge < -0.3 is 14.2 Å². The highest BCUT2D eigenvalue weighted by atomic mass is 32.2. The molecular formula is C15H18O6S. The quantitative estimate of drug-likeness (QED) is 0.603. The summed E-state index contributed by atoms with van der Waals surface area (Å²) in [5.74, 6) is -0.895. The van der Waals surface area contributed by atoms with Crippen LogP contribution < -0.4 is 0 Å². The molecule has 0 amide bonds. The molecule has 0 spiro atoms. The van der Waals surface area contributed by atoms with E-state index in [-0.39, 0.29) is 4.90 Å². The third-order valence-electron chi connectivity index (χ3n) is 4.26. The van der Waals surface area contributed by atoms with Crippen molar-refractivity contribution in [2.24, 2.45) is 0 Å². The summed E-state index contributed by atoms with van der Waals surface area (Å²) in [6.07, 6.45) is -0.690. The van der Waals surface area contributed by atoms with Crippen LogP contribution in [0.15, 0.2) is 29.2 Å². The van der Waals surface area contributed by atoms with Gasteiger partial charge in [0.15, 0.2) is 5.60 Å². The van der Waals surface area contributed by atoms with Gasteiger partial charge in [-0.05, 0) is 32.4 Å². The lowest BCUT2D eigenvalue weighted by Gasteiger charge is -2.16. The maximum absolute atomic E-state index is 13.0. The van der Waals surface area contributed by atoms with Gasteiger partial charge in [0.1, 0.15) is 0 Å². The average Bonchev–Trinajstić information content (AvgIpc) is 3.14. The maximum atomic E-state index is 13.0. The second-order valence-corrected chi connectivity index (χ2v) is 7.52. The maximum Gasteiger partial charge on any atom is 0.360 e. The number of carbonyl (C=O) groups is 1. The van der Waals surface area contributed by atoms with E-state index in [0.29, 0.717) is 13.0 Å². The molecule has 3 atom stereocenters. The smallest absolute Gasteiger partial charge is 0.360 e. The molecule has 0 unspecified atom stereocenters. The summed E-state index contributed by atoms with van der Waals surface area (Å²) >= 11 is 0. The van der Waals surface area contributed by atoms with Crippen molar-refractivity contribution >= 4 is 15.8 Å². The van der Waals surface area contributed by atoms with Gasteiger partial charge in [-0.2, -0.15) is 0 Å². The Bertz CT molecular complexity index is 710. The third-order valence-corrected chi connectivity index (χ3v) is 6.50. The molecule has 2 fully saturated rings. The summed E-state index contributed by atoms with van der Waals surface area (Å²) in [4.78, 5) is 10.3. The lowest BCUT2D eigenvalue weighted by molar-refractivity contribution is -0.188. The highest BCUT2D eigenvalue weighted by Crippen LogP contribution is 2.63. The standard InChI is InChI=1S/C15H18O6S/c1-4-14-13(19-5-2)20-12(16)15(14,21-14)22(17,18)11-8-6-10(3)7-9-11/h6-9,13H,4-5H2,1-3H3/t13-,14+,15+/m1/s1. The minimum Gasteiger partial charge on any atom is -0.429 e. The summed E-state index contributed by atoms with van der Waals surface area (Å²) in [6, 6.07) is 6.31. The van der Waals surface area contributed by atoms with Crippen LogP contribution in [0, 0.1) is 6.92 Å². The van der Waals surface area contributed by atoms with Crippen LogP contribution in [0.5, 0.6) is 0 Å². The van der Waals surface area contributed by atoms with Crippen molar-refractivity contribution < 1.29 is 27.4 Å². The second kappa shape index (κ2) is 4.78. The molecule has 1 aromatic carbocycles. The van der Waals surface area contributed by atoms with Crippen LogP contribution in [0.25, 0.3) is 0 Å². The van der Waals surface area contributed by atoms with Crippen molar-refractivity contribution in [2.45, 2.75) is 48.9 Å². The van der Waals surface area contributed by atoms with Gasteiger partial charge in [-0.3, -0.25) is 0 Å². The van der Waals surface area contributed by atoms with Gasteiger partial charge in [0.2, 0.25) is 16.1 Å². The molecule has 1 aromatic rings. The van der Waals surface area contributed by atoms with Gasteiger partial charge in [-0.25, -0.2) is 13.2 Å². The lowest BCUT2D eigenvalue weighted by atomic mass is 10.0. The molecule has 2 saturated heterocycles. The van der Waals surface area contributed by atoms with Gasteiger partial charge in [-0.15, -0.1) is 0 Å². The molecule has 0 bridgehead atoms. The number of aryl methyl sites for hydroxylation is 1. The van der Waals surface area contributed by atoms with Crippen LogP contribution in [-0.4, -0.2) is 37.8 Å². The third kappa shape index (κ3) is 1.67. The van der Waals surface area contributed by atoms with Crippen molar-refractivity contribution in [3.05, 3.63) is 29.8 Å². The van der Waals surface area contributed by atoms with Crippen molar-refractivity contribution in [1.29, 1.82) is 0 Å². The summed E-state index contributed by atoms with van der Waals surface area (Å²) in [5.41, 5.74) is -0.333. The normalized spacial score (nSPS) is 33.4. The zero-order chi connectivity index (χ0) is 16.2. The average molecular weight is 326 g/mol. The molecule has 0 aromatic heterocycles. The van der Waals surface area contributed by atoms with Crippen molar-refractivity contribution in [3.8, 4) is 0 Å². The second-order valence-electron chi connectivity index (χ2n) is 5.47. The number of ether oxygens (including phenoxy) is 3. The first-order chi connectivity index (χ1) is 10.4. The van der Waals surface area contributed by atoms with Gasteiger partial charge in [0.05, 0.1) is 4.90 Å². The predicted octanol–water partition coefficient (Wildman–Crippen LogP) is 1.56. The first-order valence-corrected chi connectivity index (χ1v) is 8.68. The first-order valence-electron chi connectivity index (χ1n) is 7.20. The van der Waals surface area contributed by atoms with Crippen molar-refractivity contribution in [2.75, 3.05) is 6.61 Å². The molecule has 0 N–H and O–H groups in total. The molecular weight excluding hydrogens is 308 g/mol. The minimum absolute atomic E-state index is 0.0440. The number of benzene rings is 1. The van der Waals surface area contributed by atoms with E-state index in [0.717, 1.165) is 5.56 Å². The Morgan fingerprint density at radius 1 is 1.23 bits per heavy atom. The summed E-state index contributed by atoms with van der Waals surface area (Å²) < 4.78 is 41.9. The van der Waals surface area contributed by atoms with Crippen molar-refractivity contribution in [1.82, 2.24) is 0 Å². The zero-order valence-electron chi connectivity index (χ0n) is 12.7.